The molecule has 0 heterocycles. The molecule has 8 heteroatoms. The number of anilines is 1. The Kier molecular flexibility index (Phi) is 5.43. The lowest BCUT2D eigenvalue weighted by Gasteiger charge is -2.21. The Hall–Kier alpha value is -2.87. The van der Waals surface area contributed by atoms with Crippen LogP contribution in [0.25, 0.3) is 6.08 Å². The fourth-order valence-electron chi connectivity index (χ4n) is 2.10. The normalized spacial score (nSPS) is 11.5. The van der Waals surface area contributed by atoms with Crippen LogP contribution < -0.4 is 9.04 Å². The van der Waals surface area contributed by atoms with E-state index >= 15 is 0 Å². The molecular weight excluding hydrogens is 349 g/mol. The van der Waals surface area contributed by atoms with Gasteiger partial charge in [-0.25, -0.2) is 17.6 Å². The standard InChI is InChI=1S/C17H16FNO5S/c1-19(14-7-5-13(18)6-8-14)25(22,23)16-11-12(4-10-17(20)21)3-9-15(16)24-2/h3-11H,1-2H3,(H,20,21)/b10-4+. The Morgan fingerprint density at radius 1 is 1.20 bits per heavy atom. The summed E-state index contributed by atoms with van der Waals surface area (Å²) in [6.07, 6.45) is 2.18. The molecule has 0 fully saturated rings. The molecular formula is C17H16FNO5S. The molecule has 0 aliphatic heterocycles. The van der Waals surface area contributed by atoms with Crippen molar-refractivity contribution in [2.75, 3.05) is 18.5 Å². The third kappa shape index (κ3) is 4.16. The van der Waals surface area contributed by atoms with Gasteiger partial charge in [0, 0.05) is 13.1 Å². The number of ether oxygens (including phenoxy) is 1. The Bertz CT molecular complexity index is 907. The third-order valence-electron chi connectivity index (χ3n) is 3.43. The number of halogens is 1. The molecule has 132 valence electrons. The van der Waals surface area contributed by atoms with Gasteiger partial charge in [-0.3, -0.25) is 4.31 Å². The number of methoxy groups -OCH3 is 1. The molecule has 0 radical (unpaired) electrons. The number of nitrogens with zero attached hydrogens (tertiary/aromatic N) is 1. The van der Waals surface area contributed by atoms with Crippen molar-refractivity contribution in [3.8, 4) is 5.75 Å². The highest BCUT2D eigenvalue weighted by molar-refractivity contribution is 7.92. The van der Waals surface area contributed by atoms with E-state index in [9.17, 15) is 17.6 Å². The van der Waals surface area contributed by atoms with Crippen molar-refractivity contribution < 1.29 is 27.4 Å². The van der Waals surface area contributed by atoms with Gasteiger partial charge in [-0.1, -0.05) is 6.07 Å². The van der Waals surface area contributed by atoms with Gasteiger partial charge >= 0.3 is 5.97 Å². The first-order chi connectivity index (χ1) is 11.8. The van der Waals surface area contributed by atoms with E-state index in [1.807, 2.05) is 0 Å². The summed E-state index contributed by atoms with van der Waals surface area (Å²) in [5.74, 6) is -1.52. The molecule has 0 bridgehead atoms. The fraction of sp³-hybridized carbons (Fsp3) is 0.118. The second-order valence-corrected chi connectivity index (χ2v) is 6.97. The van der Waals surface area contributed by atoms with Crippen molar-refractivity contribution in [2.45, 2.75) is 4.90 Å². The lowest BCUT2D eigenvalue weighted by atomic mass is 10.2. The van der Waals surface area contributed by atoms with Gasteiger partial charge in [0.05, 0.1) is 12.8 Å². The summed E-state index contributed by atoms with van der Waals surface area (Å²) in [6, 6.07) is 9.28. The first-order valence-electron chi connectivity index (χ1n) is 7.09. The maximum absolute atomic E-state index is 13.0. The zero-order valence-electron chi connectivity index (χ0n) is 13.5. The van der Waals surface area contributed by atoms with E-state index < -0.39 is 21.8 Å². The number of carbonyl (C=O) groups is 1. The molecule has 6 nitrogen and oxygen atoms in total. The molecule has 0 atom stereocenters. The van der Waals surface area contributed by atoms with E-state index in [0.29, 0.717) is 5.56 Å². The molecule has 2 aromatic carbocycles. The van der Waals surface area contributed by atoms with Gasteiger partial charge in [0.2, 0.25) is 0 Å². The van der Waals surface area contributed by atoms with Crippen LogP contribution in [-0.2, 0) is 14.8 Å². The highest BCUT2D eigenvalue weighted by Crippen LogP contribution is 2.30. The largest absolute Gasteiger partial charge is 0.495 e. The highest BCUT2D eigenvalue weighted by atomic mass is 32.2. The molecule has 25 heavy (non-hydrogen) atoms. The number of aliphatic carboxylic acids is 1. The monoisotopic (exact) mass is 365 g/mol. The number of carboxylic acids is 1. The summed E-state index contributed by atoms with van der Waals surface area (Å²) < 4.78 is 45.0. The number of carboxylic acid groups (broad SMARTS) is 1. The summed E-state index contributed by atoms with van der Waals surface area (Å²) in [6.45, 7) is 0. The molecule has 0 unspecified atom stereocenters. The Balaban J connectivity index is 2.51. The zero-order chi connectivity index (χ0) is 18.6. The lowest BCUT2D eigenvalue weighted by Crippen LogP contribution is -2.27. The maximum Gasteiger partial charge on any atom is 0.328 e. The highest BCUT2D eigenvalue weighted by Gasteiger charge is 2.25. The van der Waals surface area contributed by atoms with E-state index in [-0.39, 0.29) is 16.3 Å². The summed E-state index contributed by atoms with van der Waals surface area (Å²) >= 11 is 0. The van der Waals surface area contributed by atoms with E-state index in [4.69, 9.17) is 9.84 Å². The first-order valence-corrected chi connectivity index (χ1v) is 8.53. The number of rotatable bonds is 6. The average molecular weight is 365 g/mol. The number of hydrogen-bond acceptors (Lipinski definition) is 4. The van der Waals surface area contributed by atoms with Crippen molar-refractivity contribution in [2.24, 2.45) is 0 Å². The summed E-state index contributed by atoms with van der Waals surface area (Å²) in [4.78, 5) is 10.5. The summed E-state index contributed by atoms with van der Waals surface area (Å²) in [7, 11) is -1.34. The minimum atomic E-state index is -4.00. The summed E-state index contributed by atoms with van der Waals surface area (Å²) in [5.41, 5.74) is 0.657. The van der Waals surface area contributed by atoms with Gasteiger partial charge in [0.25, 0.3) is 10.0 Å². The SMILES string of the molecule is COc1ccc(/C=C/C(=O)O)cc1S(=O)(=O)N(C)c1ccc(F)cc1. The summed E-state index contributed by atoms with van der Waals surface area (Å²) in [5, 5.41) is 8.70. The Labute approximate surface area is 144 Å². The second-order valence-electron chi connectivity index (χ2n) is 5.03. The van der Waals surface area contributed by atoms with Crippen molar-refractivity contribution in [3.05, 3.63) is 59.9 Å². The molecule has 0 amide bonds. The van der Waals surface area contributed by atoms with E-state index in [1.54, 1.807) is 0 Å². The first kappa shape index (κ1) is 18.5. The van der Waals surface area contributed by atoms with Crippen LogP contribution in [0.2, 0.25) is 0 Å². The van der Waals surface area contributed by atoms with Crippen LogP contribution >= 0.6 is 0 Å². The quantitative estimate of drug-likeness (QED) is 0.796. The molecule has 0 saturated carbocycles. The molecule has 0 aliphatic carbocycles. The van der Waals surface area contributed by atoms with Crippen molar-refractivity contribution in [1.82, 2.24) is 0 Å². The Morgan fingerprint density at radius 3 is 2.40 bits per heavy atom. The fourth-order valence-corrected chi connectivity index (χ4v) is 3.49. The number of benzene rings is 2. The van der Waals surface area contributed by atoms with Crippen LogP contribution in [0, 0.1) is 5.82 Å². The number of sulfonamides is 1. The van der Waals surface area contributed by atoms with E-state index in [2.05, 4.69) is 0 Å². The van der Waals surface area contributed by atoms with Gasteiger partial charge in [-0.15, -0.1) is 0 Å². The predicted octanol–water partition coefficient (Wildman–Crippen LogP) is 2.76. The topological polar surface area (TPSA) is 83.9 Å². The van der Waals surface area contributed by atoms with Crippen LogP contribution in [0.5, 0.6) is 5.75 Å². The van der Waals surface area contributed by atoms with Gasteiger partial charge in [-0.05, 0) is 48.0 Å². The van der Waals surface area contributed by atoms with Gasteiger partial charge in [0.1, 0.15) is 16.5 Å². The molecule has 2 rings (SSSR count). The van der Waals surface area contributed by atoms with Gasteiger partial charge < -0.3 is 9.84 Å². The maximum atomic E-state index is 13.0. The minimum absolute atomic E-state index is 0.112. The molecule has 1 N–H and O–H groups in total. The van der Waals surface area contributed by atoms with Crippen LogP contribution in [0.1, 0.15) is 5.56 Å². The lowest BCUT2D eigenvalue weighted by molar-refractivity contribution is -0.131. The van der Waals surface area contributed by atoms with E-state index in [1.165, 1.54) is 50.6 Å². The third-order valence-corrected chi connectivity index (χ3v) is 5.24. The molecule has 2 aromatic rings. The predicted molar refractivity (Wildman–Crippen MR) is 91.7 cm³/mol. The van der Waals surface area contributed by atoms with E-state index in [0.717, 1.165) is 22.5 Å². The molecule has 0 spiro atoms. The smallest absolute Gasteiger partial charge is 0.328 e. The molecule has 0 aromatic heterocycles. The van der Waals surface area contributed by atoms with Crippen LogP contribution in [-0.4, -0.2) is 33.7 Å². The van der Waals surface area contributed by atoms with Crippen molar-refractivity contribution >= 4 is 27.8 Å². The average Bonchev–Trinajstić information content (AvgIpc) is 2.59. The van der Waals surface area contributed by atoms with Crippen LogP contribution in [0.4, 0.5) is 10.1 Å². The molecule has 0 saturated heterocycles. The number of hydrogen-bond donors (Lipinski definition) is 1. The Morgan fingerprint density at radius 2 is 1.84 bits per heavy atom. The van der Waals surface area contributed by atoms with Crippen molar-refractivity contribution in [3.63, 3.8) is 0 Å². The minimum Gasteiger partial charge on any atom is -0.495 e. The van der Waals surface area contributed by atoms with Crippen molar-refractivity contribution in [1.29, 1.82) is 0 Å². The molecule has 0 aliphatic rings. The van der Waals surface area contributed by atoms with Crippen LogP contribution in [0.15, 0.2) is 53.4 Å². The zero-order valence-corrected chi connectivity index (χ0v) is 14.3. The second kappa shape index (κ2) is 7.35. The van der Waals surface area contributed by atoms with Crippen LogP contribution in [0.3, 0.4) is 0 Å². The van der Waals surface area contributed by atoms with Gasteiger partial charge in [-0.2, -0.15) is 0 Å². The van der Waals surface area contributed by atoms with Gasteiger partial charge in [0.15, 0.2) is 0 Å².